The number of aromatic nitrogens is 1. The zero-order valence-electron chi connectivity index (χ0n) is 13.6. The summed E-state index contributed by atoms with van der Waals surface area (Å²) in [5.41, 5.74) is -0.170. The fourth-order valence-corrected chi connectivity index (χ4v) is 2.72. The molecule has 0 saturated heterocycles. The van der Waals surface area contributed by atoms with E-state index in [1.165, 1.54) is 17.0 Å². The van der Waals surface area contributed by atoms with E-state index in [-0.39, 0.29) is 23.6 Å². The molecular formula is C17H17N3O4. The van der Waals surface area contributed by atoms with Gasteiger partial charge in [-0.15, -0.1) is 0 Å². The molecule has 124 valence electrons. The van der Waals surface area contributed by atoms with Gasteiger partial charge in [-0.25, -0.2) is 0 Å². The molecule has 24 heavy (non-hydrogen) atoms. The topological polar surface area (TPSA) is 85.6 Å². The highest BCUT2D eigenvalue weighted by molar-refractivity contribution is 6.02. The van der Waals surface area contributed by atoms with Crippen LogP contribution in [0, 0.1) is 10.1 Å². The Hall–Kier alpha value is -2.96. The van der Waals surface area contributed by atoms with Crippen LogP contribution < -0.4 is 9.64 Å². The predicted molar refractivity (Wildman–Crippen MR) is 87.9 cm³/mol. The Morgan fingerprint density at radius 1 is 1.21 bits per heavy atom. The third-order valence-electron chi connectivity index (χ3n) is 4.01. The predicted octanol–water partition coefficient (Wildman–Crippen LogP) is 3.26. The van der Waals surface area contributed by atoms with Crippen LogP contribution >= 0.6 is 0 Å². The molecule has 0 spiro atoms. The van der Waals surface area contributed by atoms with E-state index in [1.807, 2.05) is 37.3 Å². The summed E-state index contributed by atoms with van der Waals surface area (Å²) >= 11 is 0. The van der Waals surface area contributed by atoms with E-state index in [0.717, 1.165) is 5.56 Å². The summed E-state index contributed by atoms with van der Waals surface area (Å²) in [5.74, 6) is -0.0904. The minimum atomic E-state index is -1.08. The number of rotatable bonds is 3. The van der Waals surface area contributed by atoms with Gasteiger partial charge >= 0.3 is 5.82 Å². The molecule has 2 heterocycles. The Bertz CT molecular complexity index is 805. The van der Waals surface area contributed by atoms with Crippen LogP contribution in [-0.4, -0.2) is 21.4 Å². The number of amides is 1. The van der Waals surface area contributed by atoms with Gasteiger partial charge in [-0.3, -0.25) is 9.69 Å². The van der Waals surface area contributed by atoms with Crippen molar-refractivity contribution in [3.05, 3.63) is 58.1 Å². The van der Waals surface area contributed by atoms with Gasteiger partial charge in [0.2, 0.25) is 0 Å². The number of carbonyl (C=O) groups excluding carboxylic acids is 1. The molecule has 0 fully saturated rings. The molecular weight excluding hydrogens is 310 g/mol. The van der Waals surface area contributed by atoms with E-state index in [9.17, 15) is 14.9 Å². The van der Waals surface area contributed by atoms with Crippen molar-refractivity contribution < 1.29 is 14.5 Å². The van der Waals surface area contributed by atoms with Crippen molar-refractivity contribution >= 4 is 17.5 Å². The maximum atomic E-state index is 12.9. The third-order valence-corrected chi connectivity index (χ3v) is 4.01. The molecule has 0 saturated carbocycles. The second kappa shape index (κ2) is 5.59. The van der Waals surface area contributed by atoms with Crippen LogP contribution in [-0.2, 0) is 4.79 Å². The lowest BCUT2D eigenvalue weighted by atomic mass is 10.0. The Morgan fingerprint density at radius 3 is 2.50 bits per heavy atom. The first-order valence-corrected chi connectivity index (χ1v) is 7.54. The SMILES string of the molecule is CC(c1ccccc1)N1C(=O)C(C)(C)Oc2ccc([N+](=O)[O-])nc21. The van der Waals surface area contributed by atoms with Gasteiger partial charge < -0.3 is 14.9 Å². The van der Waals surface area contributed by atoms with Gasteiger partial charge in [0, 0.05) is 6.07 Å². The van der Waals surface area contributed by atoms with Crippen LogP contribution in [0.5, 0.6) is 5.75 Å². The van der Waals surface area contributed by atoms with E-state index >= 15 is 0 Å². The van der Waals surface area contributed by atoms with Crippen LogP contribution in [0.1, 0.15) is 32.4 Å². The lowest BCUT2D eigenvalue weighted by Gasteiger charge is -2.38. The molecule has 1 atom stereocenters. The third kappa shape index (κ3) is 2.58. The second-order valence-corrected chi connectivity index (χ2v) is 6.12. The number of fused-ring (bicyclic) bond motifs is 1. The zero-order chi connectivity index (χ0) is 17.5. The van der Waals surface area contributed by atoms with Crippen molar-refractivity contribution in [2.24, 2.45) is 0 Å². The molecule has 0 bridgehead atoms. The lowest BCUT2D eigenvalue weighted by Crippen LogP contribution is -2.53. The molecule has 1 aliphatic rings. The molecule has 7 heteroatoms. The first kappa shape index (κ1) is 15.9. The highest BCUT2D eigenvalue weighted by atomic mass is 16.6. The fraction of sp³-hybridized carbons (Fsp3) is 0.294. The Morgan fingerprint density at radius 2 is 1.88 bits per heavy atom. The Labute approximate surface area is 139 Å². The van der Waals surface area contributed by atoms with Gasteiger partial charge in [-0.1, -0.05) is 30.3 Å². The minimum absolute atomic E-state index is 0.171. The van der Waals surface area contributed by atoms with Crippen molar-refractivity contribution in [2.45, 2.75) is 32.4 Å². The maximum absolute atomic E-state index is 12.9. The number of hydrogen-bond donors (Lipinski definition) is 0. The zero-order valence-corrected chi connectivity index (χ0v) is 13.6. The number of ether oxygens (including phenoxy) is 1. The first-order chi connectivity index (χ1) is 11.3. The molecule has 1 amide bonds. The molecule has 7 nitrogen and oxygen atoms in total. The summed E-state index contributed by atoms with van der Waals surface area (Å²) in [5, 5.41) is 11.0. The summed E-state index contributed by atoms with van der Waals surface area (Å²) in [6.45, 7) is 5.20. The molecule has 3 rings (SSSR count). The van der Waals surface area contributed by atoms with E-state index < -0.39 is 10.5 Å². The quantitative estimate of drug-likeness (QED) is 0.638. The normalized spacial score (nSPS) is 17.0. The van der Waals surface area contributed by atoms with Crippen molar-refractivity contribution in [1.29, 1.82) is 0 Å². The van der Waals surface area contributed by atoms with Crippen molar-refractivity contribution in [3.63, 3.8) is 0 Å². The molecule has 1 aromatic heterocycles. The average molecular weight is 327 g/mol. The highest BCUT2D eigenvalue weighted by Gasteiger charge is 2.46. The number of pyridine rings is 1. The number of nitrogens with zero attached hydrogens (tertiary/aromatic N) is 3. The van der Waals surface area contributed by atoms with Gasteiger partial charge in [0.25, 0.3) is 11.7 Å². The molecule has 0 radical (unpaired) electrons. The Balaban J connectivity index is 2.15. The standard InChI is InChI=1S/C17H17N3O4/c1-11(12-7-5-4-6-8-12)19-15-13(24-17(2,3)16(19)21)9-10-14(18-15)20(22)23/h4-11H,1-3H3. The van der Waals surface area contributed by atoms with Gasteiger partial charge in [-0.2, -0.15) is 0 Å². The molecule has 2 aromatic rings. The first-order valence-electron chi connectivity index (χ1n) is 7.54. The van der Waals surface area contributed by atoms with Gasteiger partial charge in [-0.05, 0) is 42.3 Å². The summed E-state index contributed by atoms with van der Waals surface area (Å²) in [7, 11) is 0. The van der Waals surface area contributed by atoms with Crippen molar-refractivity contribution in [3.8, 4) is 5.75 Å². The molecule has 0 aliphatic carbocycles. The summed E-state index contributed by atoms with van der Waals surface area (Å²) in [6, 6.07) is 11.9. The van der Waals surface area contributed by atoms with E-state index in [2.05, 4.69) is 4.98 Å². The number of nitro groups is 1. The van der Waals surface area contributed by atoms with Crippen LogP contribution in [0.2, 0.25) is 0 Å². The second-order valence-electron chi connectivity index (χ2n) is 6.12. The number of carbonyl (C=O) groups is 1. The average Bonchev–Trinajstić information content (AvgIpc) is 2.55. The van der Waals surface area contributed by atoms with Crippen LogP contribution in [0.15, 0.2) is 42.5 Å². The highest BCUT2D eigenvalue weighted by Crippen LogP contribution is 2.41. The van der Waals surface area contributed by atoms with Gasteiger partial charge in [0.15, 0.2) is 11.4 Å². The van der Waals surface area contributed by atoms with E-state index in [4.69, 9.17) is 4.74 Å². The van der Waals surface area contributed by atoms with Crippen molar-refractivity contribution in [2.75, 3.05) is 4.90 Å². The Kier molecular flexibility index (Phi) is 3.71. The lowest BCUT2D eigenvalue weighted by molar-refractivity contribution is -0.389. The minimum Gasteiger partial charge on any atom is -0.472 e. The number of benzene rings is 1. The smallest absolute Gasteiger partial charge is 0.366 e. The summed E-state index contributed by atoms with van der Waals surface area (Å²) < 4.78 is 5.71. The van der Waals surface area contributed by atoms with Crippen LogP contribution in [0.25, 0.3) is 0 Å². The molecule has 1 aromatic carbocycles. The summed E-state index contributed by atoms with van der Waals surface area (Å²) in [6.07, 6.45) is 0. The largest absolute Gasteiger partial charge is 0.472 e. The monoisotopic (exact) mass is 327 g/mol. The summed E-state index contributed by atoms with van der Waals surface area (Å²) in [4.78, 5) is 28.9. The number of hydrogen-bond acceptors (Lipinski definition) is 5. The fourth-order valence-electron chi connectivity index (χ4n) is 2.72. The van der Waals surface area contributed by atoms with E-state index in [0.29, 0.717) is 5.75 Å². The number of anilines is 1. The van der Waals surface area contributed by atoms with Crippen LogP contribution in [0.4, 0.5) is 11.6 Å². The van der Waals surface area contributed by atoms with Gasteiger partial charge in [0.1, 0.15) is 0 Å². The molecule has 0 N–H and O–H groups in total. The van der Waals surface area contributed by atoms with Crippen molar-refractivity contribution in [1.82, 2.24) is 4.98 Å². The molecule has 1 aliphatic heterocycles. The van der Waals surface area contributed by atoms with Gasteiger partial charge in [0.05, 0.1) is 6.04 Å². The molecule has 1 unspecified atom stereocenters. The van der Waals surface area contributed by atoms with Crippen LogP contribution in [0.3, 0.4) is 0 Å². The maximum Gasteiger partial charge on any atom is 0.366 e. The van der Waals surface area contributed by atoms with E-state index in [1.54, 1.807) is 13.8 Å².